The Kier molecular flexibility index (Phi) is 5.32. The molecule has 1 aliphatic rings. The first-order valence-corrected chi connectivity index (χ1v) is 9.65. The number of fused-ring (bicyclic) bond motifs is 1. The Hall–Kier alpha value is -2.34. The van der Waals surface area contributed by atoms with Crippen LogP contribution in [-0.4, -0.2) is 17.9 Å². The van der Waals surface area contributed by atoms with Crippen LogP contribution in [0.4, 0.5) is 5.00 Å². The number of anilines is 1. The van der Waals surface area contributed by atoms with Crippen molar-refractivity contribution in [1.29, 1.82) is 0 Å². The predicted molar refractivity (Wildman–Crippen MR) is 104 cm³/mol. The van der Waals surface area contributed by atoms with E-state index in [9.17, 15) is 9.59 Å². The van der Waals surface area contributed by atoms with Gasteiger partial charge < -0.3 is 15.8 Å². The van der Waals surface area contributed by atoms with Crippen molar-refractivity contribution in [2.45, 2.75) is 46.1 Å². The number of amides is 2. The maximum atomic E-state index is 12.6. The number of carbonyl (C=O) groups is 2. The van der Waals surface area contributed by atoms with E-state index in [1.165, 1.54) is 11.3 Å². The number of rotatable bonds is 5. The van der Waals surface area contributed by atoms with Gasteiger partial charge in [0.2, 0.25) is 0 Å². The Morgan fingerprint density at radius 1 is 1.31 bits per heavy atom. The highest BCUT2D eigenvalue weighted by Crippen LogP contribution is 2.39. The van der Waals surface area contributed by atoms with Gasteiger partial charge in [0.05, 0.1) is 5.56 Å². The molecule has 0 fully saturated rings. The van der Waals surface area contributed by atoms with E-state index in [4.69, 9.17) is 10.5 Å². The first-order chi connectivity index (χ1) is 12.3. The molecule has 1 aromatic heterocycles. The molecule has 0 saturated carbocycles. The Balaban J connectivity index is 1.76. The summed E-state index contributed by atoms with van der Waals surface area (Å²) < 4.78 is 5.70. The molecule has 1 aliphatic carbocycles. The van der Waals surface area contributed by atoms with Gasteiger partial charge in [-0.15, -0.1) is 11.3 Å². The number of nitrogens with one attached hydrogen (secondary N) is 1. The zero-order valence-electron chi connectivity index (χ0n) is 15.3. The quantitative estimate of drug-likeness (QED) is 0.840. The van der Waals surface area contributed by atoms with Crippen LogP contribution in [0.2, 0.25) is 0 Å². The van der Waals surface area contributed by atoms with Crippen LogP contribution in [0.5, 0.6) is 5.75 Å². The van der Waals surface area contributed by atoms with Crippen LogP contribution in [0, 0.1) is 12.8 Å². The standard InChI is InChI=1S/C20H24N2O3S/c1-11-4-7-14(8-5-11)25-13(3)19(24)22-20-17(18(21)23)15-9-6-12(2)10-16(15)26-20/h4-5,7-8,12-13H,6,9-10H2,1-3H3,(H2,21,23)(H,22,24). The molecule has 2 amide bonds. The lowest BCUT2D eigenvalue weighted by Gasteiger charge is -2.18. The summed E-state index contributed by atoms with van der Waals surface area (Å²) in [4.78, 5) is 25.7. The molecular formula is C20H24N2O3S. The molecule has 6 heteroatoms. The van der Waals surface area contributed by atoms with Crippen molar-refractivity contribution in [2.24, 2.45) is 11.7 Å². The van der Waals surface area contributed by atoms with E-state index < -0.39 is 12.0 Å². The fraction of sp³-hybridized carbons (Fsp3) is 0.400. The average Bonchev–Trinajstić information content (AvgIpc) is 2.93. The second-order valence-corrected chi connectivity index (χ2v) is 8.09. The van der Waals surface area contributed by atoms with Gasteiger partial charge in [-0.25, -0.2) is 0 Å². The van der Waals surface area contributed by atoms with Crippen LogP contribution in [0.15, 0.2) is 24.3 Å². The van der Waals surface area contributed by atoms with Crippen molar-refractivity contribution >= 4 is 28.2 Å². The van der Waals surface area contributed by atoms with Crippen LogP contribution in [-0.2, 0) is 17.6 Å². The normalized spacial score (nSPS) is 17.3. The fourth-order valence-corrected chi connectivity index (χ4v) is 4.61. The lowest BCUT2D eigenvalue weighted by atomic mass is 9.88. The molecule has 1 heterocycles. The largest absolute Gasteiger partial charge is 0.481 e. The number of aryl methyl sites for hydroxylation is 1. The number of primary amides is 1. The molecular weight excluding hydrogens is 348 g/mol. The maximum absolute atomic E-state index is 12.6. The van der Waals surface area contributed by atoms with Gasteiger partial charge in [0.15, 0.2) is 6.10 Å². The minimum atomic E-state index is -0.684. The van der Waals surface area contributed by atoms with Crippen molar-refractivity contribution in [3.05, 3.63) is 45.8 Å². The van der Waals surface area contributed by atoms with Crippen LogP contribution >= 0.6 is 11.3 Å². The van der Waals surface area contributed by atoms with E-state index in [2.05, 4.69) is 12.2 Å². The van der Waals surface area contributed by atoms with Crippen LogP contribution < -0.4 is 15.8 Å². The van der Waals surface area contributed by atoms with Crippen LogP contribution in [0.1, 0.15) is 46.6 Å². The maximum Gasteiger partial charge on any atom is 0.265 e. The predicted octanol–water partition coefficient (Wildman–Crippen LogP) is 3.69. The molecule has 2 aromatic rings. The van der Waals surface area contributed by atoms with Crippen molar-refractivity contribution in [3.8, 4) is 5.75 Å². The van der Waals surface area contributed by atoms with E-state index in [1.807, 2.05) is 31.2 Å². The lowest BCUT2D eigenvalue weighted by molar-refractivity contribution is -0.122. The summed E-state index contributed by atoms with van der Waals surface area (Å²) in [6.45, 7) is 5.88. The molecule has 2 atom stereocenters. The lowest BCUT2D eigenvalue weighted by Crippen LogP contribution is -2.30. The molecule has 5 nitrogen and oxygen atoms in total. The molecule has 3 N–H and O–H groups in total. The average molecular weight is 372 g/mol. The highest BCUT2D eigenvalue weighted by Gasteiger charge is 2.28. The van der Waals surface area contributed by atoms with E-state index in [-0.39, 0.29) is 5.91 Å². The molecule has 2 unspecified atom stereocenters. The number of hydrogen-bond acceptors (Lipinski definition) is 4. The zero-order valence-corrected chi connectivity index (χ0v) is 16.1. The third kappa shape index (κ3) is 3.90. The van der Waals surface area contributed by atoms with Gasteiger partial charge in [-0.2, -0.15) is 0 Å². The monoisotopic (exact) mass is 372 g/mol. The third-order valence-corrected chi connectivity index (χ3v) is 5.87. The first-order valence-electron chi connectivity index (χ1n) is 8.83. The van der Waals surface area contributed by atoms with Gasteiger partial charge in [-0.1, -0.05) is 24.6 Å². The highest BCUT2D eigenvalue weighted by molar-refractivity contribution is 7.17. The molecule has 0 bridgehead atoms. The van der Waals surface area contributed by atoms with E-state index in [0.717, 1.165) is 35.3 Å². The topological polar surface area (TPSA) is 81.4 Å². The minimum absolute atomic E-state index is 0.292. The Morgan fingerprint density at radius 2 is 2.00 bits per heavy atom. The number of ether oxygens (including phenoxy) is 1. The summed E-state index contributed by atoms with van der Waals surface area (Å²) in [7, 11) is 0. The van der Waals surface area contributed by atoms with Crippen LogP contribution in [0.25, 0.3) is 0 Å². The van der Waals surface area contributed by atoms with Crippen molar-refractivity contribution in [3.63, 3.8) is 0 Å². The van der Waals surface area contributed by atoms with Gasteiger partial charge in [0.25, 0.3) is 11.8 Å². The molecule has 1 aromatic carbocycles. The summed E-state index contributed by atoms with van der Waals surface area (Å²) in [6.07, 6.45) is 2.10. The van der Waals surface area contributed by atoms with Crippen molar-refractivity contribution in [2.75, 3.05) is 5.32 Å². The molecule has 0 aliphatic heterocycles. The van der Waals surface area contributed by atoms with Crippen molar-refractivity contribution < 1.29 is 14.3 Å². The number of hydrogen-bond donors (Lipinski definition) is 2. The summed E-state index contributed by atoms with van der Waals surface area (Å²) in [5.74, 6) is 0.432. The zero-order chi connectivity index (χ0) is 18.8. The molecule has 138 valence electrons. The number of carbonyl (C=O) groups excluding carboxylic acids is 2. The summed E-state index contributed by atoms with van der Waals surface area (Å²) in [5.41, 5.74) is 8.18. The van der Waals surface area contributed by atoms with Crippen molar-refractivity contribution in [1.82, 2.24) is 0 Å². The second kappa shape index (κ2) is 7.50. The van der Waals surface area contributed by atoms with Gasteiger partial charge in [0, 0.05) is 4.88 Å². The van der Waals surface area contributed by atoms with E-state index >= 15 is 0 Å². The number of thiophene rings is 1. The van der Waals surface area contributed by atoms with Gasteiger partial charge in [0.1, 0.15) is 10.8 Å². The first kappa shape index (κ1) is 18.5. The summed E-state index contributed by atoms with van der Waals surface area (Å²) in [6, 6.07) is 7.53. The summed E-state index contributed by atoms with van der Waals surface area (Å²) >= 11 is 1.46. The fourth-order valence-electron chi connectivity index (χ4n) is 3.19. The van der Waals surface area contributed by atoms with Crippen LogP contribution in [0.3, 0.4) is 0 Å². The van der Waals surface area contributed by atoms with E-state index in [1.54, 1.807) is 6.92 Å². The highest BCUT2D eigenvalue weighted by atomic mass is 32.1. The van der Waals surface area contributed by atoms with Gasteiger partial charge >= 0.3 is 0 Å². The minimum Gasteiger partial charge on any atom is -0.481 e. The Labute approximate surface area is 157 Å². The molecule has 26 heavy (non-hydrogen) atoms. The summed E-state index contributed by atoms with van der Waals surface area (Å²) in [5, 5.41) is 3.39. The smallest absolute Gasteiger partial charge is 0.265 e. The Morgan fingerprint density at radius 3 is 2.65 bits per heavy atom. The molecule has 0 radical (unpaired) electrons. The Bertz CT molecular complexity index is 826. The van der Waals surface area contributed by atoms with E-state index in [0.29, 0.717) is 22.2 Å². The van der Waals surface area contributed by atoms with Gasteiger partial charge in [-0.3, -0.25) is 9.59 Å². The molecule has 0 spiro atoms. The number of nitrogens with two attached hydrogens (primary N) is 1. The SMILES string of the molecule is Cc1ccc(OC(C)C(=O)Nc2sc3c(c2C(N)=O)CCC(C)C3)cc1. The number of benzene rings is 1. The molecule has 3 rings (SSSR count). The molecule has 0 saturated heterocycles. The second-order valence-electron chi connectivity index (χ2n) is 6.98. The van der Waals surface area contributed by atoms with Gasteiger partial charge in [-0.05, 0) is 56.7 Å². The third-order valence-electron chi connectivity index (χ3n) is 4.70.